The highest BCUT2D eigenvalue weighted by Gasteiger charge is 2.23. The number of ketones is 1. The van der Waals surface area contributed by atoms with Gasteiger partial charge in [-0.2, -0.15) is 0 Å². The van der Waals surface area contributed by atoms with Gasteiger partial charge in [0.25, 0.3) is 0 Å². The largest absolute Gasteiger partial charge is 0.298 e. The highest BCUT2D eigenvalue weighted by atomic mass is 32.2. The average molecular weight is 227 g/mol. The molecule has 0 saturated heterocycles. The van der Waals surface area contributed by atoms with Crippen molar-refractivity contribution in [1.82, 2.24) is 4.98 Å². The number of hydrogen-bond donors (Lipinski definition) is 0. The molecule has 0 N–H and O–H groups in total. The van der Waals surface area contributed by atoms with Gasteiger partial charge >= 0.3 is 0 Å². The molecule has 4 nitrogen and oxygen atoms in total. The molecule has 15 heavy (non-hydrogen) atoms. The molecule has 0 aromatic carbocycles. The minimum absolute atomic E-state index is 0.113. The molecule has 0 saturated carbocycles. The van der Waals surface area contributed by atoms with Gasteiger partial charge in [-0.3, -0.25) is 9.78 Å². The van der Waals surface area contributed by atoms with E-state index in [1.807, 2.05) is 0 Å². The summed E-state index contributed by atoms with van der Waals surface area (Å²) in [6, 6.07) is 3.47. The van der Waals surface area contributed by atoms with Crippen molar-refractivity contribution in [3.8, 4) is 0 Å². The Labute approximate surface area is 89.3 Å². The number of carbonyl (C=O) groups is 1. The molecule has 1 unspecified atom stereocenters. The summed E-state index contributed by atoms with van der Waals surface area (Å²) in [4.78, 5) is 15.4. The molecule has 82 valence electrons. The molecule has 0 fully saturated rings. The van der Waals surface area contributed by atoms with Gasteiger partial charge in [0, 0.05) is 25.1 Å². The number of Topliss-reactive ketones (excluding diaryl/α,β-unsaturated/α-hetero) is 1. The fraction of sp³-hybridized carbons (Fsp3) is 0.400. The molecule has 1 rings (SSSR count). The van der Waals surface area contributed by atoms with E-state index in [-0.39, 0.29) is 12.2 Å². The first kappa shape index (κ1) is 11.8. The van der Waals surface area contributed by atoms with Gasteiger partial charge in [0.15, 0.2) is 15.6 Å². The number of sulfone groups is 1. The first-order valence-corrected chi connectivity index (χ1v) is 6.47. The topological polar surface area (TPSA) is 64.1 Å². The van der Waals surface area contributed by atoms with Crippen molar-refractivity contribution in [2.45, 2.75) is 18.6 Å². The number of rotatable bonds is 4. The molecule has 0 amide bonds. The lowest BCUT2D eigenvalue weighted by molar-refractivity contribution is -0.117. The molecule has 0 spiro atoms. The van der Waals surface area contributed by atoms with Crippen molar-refractivity contribution >= 4 is 15.6 Å². The zero-order chi connectivity index (χ0) is 11.5. The fourth-order valence-electron chi connectivity index (χ4n) is 1.09. The SMILES string of the molecule is CC(C(=O)Cc1cccnc1)S(C)(=O)=O. The highest BCUT2D eigenvalue weighted by molar-refractivity contribution is 7.92. The minimum atomic E-state index is -3.29. The van der Waals surface area contributed by atoms with Gasteiger partial charge < -0.3 is 0 Å². The summed E-state index contributed by atoms with van der Waals surface area (Å²) >= 11 is 0. The predicted molar refractivity (Wildman–Crippen MR) is 57.3 cm³/mol. The van der Waals surface area contributed by atoms with Crippen LogP contribution in [0.4, 0.5) is 0 Å². The Kier molecular flexibility index (Phi) is 3.57. The third-order valence-electron chi connectivity index (χ3n) is 2.20. The molecule has 1 atom stereocenters. The number of aromatic nitrogens is 1. The summed E-state index contributed by atoms with van der Waals surface area (Å²) in [7, 11) is -3.29. The molecule has 0 aliphatic carbocycles. The molecule has 1 heterocycles. The zero-order valence-corrected chi connectivity index (χ0v) is 9.49. The summed E-state index contributed by atoms with van der Waals surface area (Å²) < 4.78 is 22.3. The Balaban J connectivity index is 2.73. The van der Waals surface area contributed by atoms with Crippen LogP contribution in [0.15, 0.2) is 24.5 Å². The van der Waals surface area contributed by atoms with Crippen molar-refractivity contribution in [3.05, 3.63) is 30.1 Å². The number of hydrogen-bond acceptors (Lipinski definition) is 4. The Morgan fingerprint density at radius 1 is 1.53 bits per heavy atom. The quantitative estimate of drug-likeness (QED) is 0.756. The summed E-state index contributed by atoms with van der Waals surface area (Å²) in [5, 5.41) is -0.947. The first-order valence-electron chi connectivity index (χ1n) is 4.51. The Morgan fingerprint density at radius 2 is 2.20 bits per heavy atom. The van der Waals surface area contributed by atoms with Crippen LogP contribution >= 0.6 is 0 Å². The van der Waals surface area contributed by atoms with Crippen LogP contribution < -0.4 is 0 Å². The van der Waals surface area contributed by atoms with Crippen LogP contribution in [-0.2, 0) is 21.1 Å². The van der Waals surface area contributed by atoms with E-state index >= 15 is 0 Å². The van der Waals surface area contributed by atoms with Crippen molar-refractivity contribution in [2.24, 2.45) is 0 Å². The van der Waals surface area contributed by atoms with E-state index < -0.39 is 15.1 Å². The van der Waals surface area contributed by atoms with Crippen molar-refractivity contribution in [3.63, 3.8) is 0 Å². The second-order valence-corrected chi connectivity index (χ2v) is 5.84. The molecule has 1 aromatic rings. The van der Waals surface area contributed by atoms with E-state index in [0.29, 0.717) is 0 Å². The second-order valence-electron chi connectivity index (χ2n) is 3.48. The second kappa shape index (κ2) is 4.53. The monoisotopic (exact) mass is 227 g/mol. The van der Waals surface area contributed by atoms with Crippen molar-refractivity contribution in [1.29, 1.82) is 0 Å². The van der Waals surface area contributed by atoms with E-state index in [2.05, 4.69) is 4.98 Å². The number of carbonyl (C=O) groups excluding carboxylic acids is 1. The van der Waals surface area contributed by atoms with Gasteiger partial charge in [-0.25, -0.2) is 8.42 Å². The van der Waals surface area contributed by atoms with Gasteiger partial charge in [0.1, 0.15) is 5.25 Å². The van der Waals surface area contributed by atoms with E-state index in [9.17, 15) is 13.2 Å². The molecule has 5 heteroatoms. The maximum Gasteiger partial charge on any atom is 0.157 e. The van der Waals surface area contributed by atoms with E-state index in [0.717, 1.165) is 11.8 Å². The standard InChI is InChI=1S/C10H13NO3S/c1-8(15(2,13)14)10(12)6-9-4-3-5-11-7-9/h3-5,7-8H,6H2,1-2H3. The zero-order valence-electron chi connectivity index (χ0n) is 8.67. The van der Waals surface area contributed by atoms with Crippen LogP contribution in [0.25, 0.3) is 0 Å². The lowest BCUT2D eigenvalue weighted by Gasteiger charge is -2.07. The lowest BCUT2D eigenvalue weighted by atomic mass is 10.1. The van der Waals surface area contributed by atoms with E-state index in [1.54, 1.807) is 24.5 Å². The van der Waals surface area contributed by atoms with Crippen molar-refractivity contribution < 1.29 is 13.2 Å². The van der Waals surface area contributed by atoms with Gasteiger partial charge in [0.05, 0.1) is 0 Å². The van der Waals surface area contributed by atoms with Gasteiger partial charge in [-0.1, -0.05) is 6.07 Å². The smallest absolute Gasteiger partial charge is 0.157 e. The maximum absolute atomic E-state index is 11.6. The van der Waals surface area contributed by atoms with Crippen LogP contribution in [0.1, 0.15) is 12.5 Å². The molecule has 0 aliphatic heterocycles. The lowest BCUT2D eigenvalue weighted by Crippen LogP contribution is -2.27. The predicted octanol–water partition coefficient (Wildman–Crippen LogP) is 0.626. The molecule has 0 bridgehead atoms. The molecular weight excluding hydrogens is 214 g/mol. The maximum atomic E-state index is 11.6. The first-order chi connectivity index (χ1) is 6.91. The van der Waals surface area contributed by atoms with Gasteiger partial charge in [-0.15, -0.1) is 0 Å². The molecule has 1 aromatic heterocycles. The van der Waals surface area contributed by atoms with Crippen LogP contribution in [0.2, 0.25) is 0 Å². The van der Waals surface area contributed by atoms with Crippen LogP contribution in [-0.4, -0.2) is 30.7 Å². The van der Waals surface area contributed by atoms with Crippen molar-refractivity contribution in [2.75, 3.05) is 6.26 Å². The third-order valence-corrected chi connectivity index (χ3v) is 3.74. The summed E-state index contributed by atoms with van der Waals surface area (Å²) in [6.07, 6.45) is 4.35. The third kappa shape index (κ3) is 3.43. The molecular formula is C10H13NO3S. The number of nitrogens with zero attached hydrogens (tertiary/aromatic N) is 1. The molecule has 0 aliphatic rings. The van der Waals surface area contributed by atoms with E-state index in [1.165, 1.54) is 6.92 Å². The fourth-order valence-corrected chi connectivity index (χ4v) is 1.65. The highest BCUT2D eigenvalue weighted by Crippen LogP contribution is 2.05. The summed E-state index contributed by atoms with van der Waals surface area (Å²) in [6.45, 7) is 1.41. The number of pyridine rings is 1. The summed E-state index contributed by atoms with van der Waals surface area (Å²) in [5.74, 6) is -0.300. The van der Waals surface area contributed by atoms with Gasteiger partial charge in [0.2, 0.25) is 0 Å². The van der Waals surface area contributed by atoms with Crippen LogP contribution in [0.3, 0.4) is 0 Å². The average Bonchev–Trinajstić information content (AvgIpc) is 2.16. The normalized spacial score (nSPS) is 13.5. The Hall–Kier alpha value is -1.23. The van der Waals surface area contributed by atoms with Gasteiger partial charge in [-0.05, 0) is 18.6 Å². The van der Waals surface area contributed by atoms with E-state index in [4.69, 9.17) is 0 Å². The minimum Gasteiger partial charge on any atom is -0.298 e. The Bertz CT molecular complexity index is 439. The molecule has 0 radical (unpaired) electrons. The Morgan fingerprint density at radius 3 is 2.67 bits per heavy atom. The summed E-state index contributed by atoms with van der Waals surface area (Å²) in [5.41, 5.74) is 0.734. The van der Waals surface area contributed by atoms with Crippen LogP contribution in [0, 0.1) is 0 Å². The van der Waals surface area contributed by atoms with Crippen LogP contribution in [0.5, 0.6) is 0 Å².